The number of esters is 2. The average Bonchev–Trinajstić information content (AvgIpc) is 3.03. The highest BCUT2D eigenvalue weighted by Crippen LogP contribution is 2.60. The molecular weight excluding hydrogens is 463 g/mol. The summed E-state index contributed by atoms with van der Waals surface area (Å²) in [6.07, 6.45) is 0.0366. The Balaban J connectivity index is 2.01. The number of hydrogen-bond acceptors (Lipinski definition) is 5. The Labute approximate surface area is 202 Å². The number of hydrogen-bond donors (Lipinski definition) is 0. The standard InChI is InChI=1S/C26H24Cl2O5/c1-25(2)18-8-6-5-7-15(18)21-17(22(29)16-10-9-14(27)11-20(16)28)12-26(13-19(21)25,23(30)32-3)24(31)33-4/h5-11,19H,12-13H2,1-4H3/t19-/m1/s1. The second kappa shape index (κ2) is 8.30. The van der Waals surface area contributed by atoms with E-state index in [0.717, 1.165) is 16.7 Å². The predicted octanol–water partition coefficient (Wildman–Crippen LogP) is 5.66. The molecule has 2 aliphatic carbocycles. The van der Waals surface area contributed by atoms with Gasteiger partial charge in [0.2, 0.25) is 0 Å². The van der Waals surface area contributed by atoms with Crippen LogP contribution in [-0.2, 0) is 24.5 Å². The van der Waals surface area contributed by atoms with E-state index < -0.39 is 22.8 Å². The number of Topliss-reactive ketones (excluding diaryl/α,β-unsaturated/α-hetero) is 1. The molecule has 0 heterocycles. The Morgan fingerprint density at radius 3 is 2.21 bits per heavy atom. The number of halogens is 2. The minimum absolute atomic E-state index is 0.139. The molecule has 0 saturated heterocycles. The zero-order valence-corrected chi connectivity index (χ0v) is 20.3. The molecule has 2 aromatic rings. The highest BCUT2D eigenvalue weighted by Gasteiger charge is 2.59. The van der Waals surface area contributed by atoms with Crippen molar-refractivity contribution in [3.05, 3.63) is 74.8 Å². The van der Waals surface area contributed by atoms with Crippen LogP contribution in [-0.4, -0.2) is 31.9 Å². The second-order valence-electron chi connectivity index (χ2n) is 9.11. The molecule has 0 aromatic heterocycles. The molecule has 0 bridgehead atoms. The van der Waals surface area contributed by atoms with E-state index in [1.54, 1.807) is 12.1 Å². The summed E-state index contributed by atoms with van der Waals surface area (Å²) < 4.78 is 10.1. The monoisotopic (exact) mass is 486 g/mol. The minimum Gasteiger partial charge on any atom is -0.468 e. The number of ketones is 1. The molecule has 5 nitrogen and oxygen atoms in total. The van der Waals surface area contributed by atoms with Gasteiger partial charge in [0.25, 0.3) is 0 Å². The van der Waals surface area contributed by atoms with Crippen molar-refractivity contribution >= 4 is 46.5 Å². The van der Waals surface area contributed by atoms with E-state index in [1.807, 2.05) is 24.3 Å². The van der Waals surface area contributed by atoms with Gasteiger partial charge >= 0.3 is 11.9 Å². The third-order valence-electron chi connectivity index (χ3n) is 7.09. The van der Waals surface area contributed by atoms with Gasteiger partial charge in [-0.3, -0.25) is 14.4 Å². The fraction of sp³-hybridized carbons (Fsp3) is 0.346. The van der Waals surface area contributed by atoms with Gasteiger partial charge in [0.05, 0.1) is 19.2 Å². The van der Waals surface area contributed by atoms with E-state index in [4.69, 9.17) is 32.7 Å². The first-order valence-electron chi connectivity index (χ1n) is 10.6. The van der Waals surface area contributed by atoms with Crippen LogP contribution in [0.15, 0.2) is 48.0 Å². The van der Waals surface area contributed by atoms with E-state index >= 15 is 0 Å². The van der Waals surface area contributed by atoms with Crippen LogP contribution >= 0.6 is 23.2 Å². The Morgan fingerprint density at radius 1 is 0.970 bits per heavy atom. The smallest absolute Gasteiger partial charge is 0.323 e. The van der Waals surface area contributed by atoms with Gasteiger partial charge < -0.3 is 9.47 Å². The fourth-order valence-corrected chi connectivity index (χ4v) is 5.88. The lowest BCUT2D eigenvalue weighted by atomic mass is 9.61. The maximum Gasteiger partial charge on any atom is 0.323 e. The number of fused-ring (bicyclic) bond motifs is 3. The molecule has 7 heteroatoms. The van der Waals surface area contributed by atoms with Crippen LogP contribution in [0.25, 0.3) is 5.57 Å². The third-order valence-corrected chi connectivity index (χ3v) is 7.64. The molecule has 0 spiro atoms. The Morgan fingerprint density at radius 2 is 1.61 bits per heavy atom. The minimum atomic E-state index is -1.64. The number of carbonyl (C=O) groups is 3. The molecule has 0 amide bonds. The number of ether oxygens (including phenoxy) is 2. The maximum atomic E-state index is 13.9. The molecule has 1 atom stereocenters. The van der Waals surface area contributed by atoms with E-state index in [0.29, 0.717) is 10.6 Å². The van der Waals surface area contributed by atoms with Gasteiger partial charge in [0, 0.05) is 22.6 Å². The van der Waals surface area contributed by atoms with Crippen LogP contribution in [0.3, 0.4) is 0 Å². The predicted molar refractivity (Wildman–Crippen MR) is 126 cm³/mol. The van der Waals surface area contributed by atoms with Gasteiger partial charge in [-0.25, -0.2) is 0 Å². The summed E-state index contributed by atoms with van der Waals surface area (Å²) in [5.41, 5.74) is 1.40. The van der Waals surface area contributed by atoms with E-state index in [-0.39, 0.29) is 35.1 Å². The van der Waals surface area contributed by atoms with Crippen molar-refractivity contribution in [2.75, 3.05) is 14.2 Å². The topological polar surface area (TPSA) is 69.7 Å². The largest absolute Gasteiger partial charge is 0.468 e. The number of benzene rings is 2. The number of allylic oxidation sites excluding steroid dienone is 2. The number of carbonyl (C=O) groups excluding carboxylic acids is 3. The van der Waals surface area contributed by atoms with Crippen LogP contribution in [0.2, 0.25) is 10.0 Å². The van der Waals surface area contributed by atoms with Crippen molar-refractivity contribution in [2.24, 2.45) is 11.3 Å². The first-order valence-corrected chi connectivity index (χ1v) is 11.3. The SMILES string of the molecule is COC(=O)C1(C(=O)OC)CC(C(=O)c2ccc(Cl)cc2Cl)=C2c3ccccc3C(C)(C)[C@@H]2C1. The van der Waals surface area contributed by atoms with Crippen molar-refractivity contribution in [3.63, 3.8) is 0 Å². The molecular formula is C26H24Cl2O5. The van der Waals surface area contributed by atoms with E-state index in [2.05, 4.69) is 13.8 Å². The maximum absolute atomic E-state index is 13.9. The lowest BCUT2D eigenvalue weighted by molar-refractivity contribution is -0.170. The zero-order chi connectivity index (χ0) is 24.1. The van der Waals surface area contributed by atoms with Crippen LogP contribution in [0.1, 0.15) is 48.2 Å². The Kier molecular flexibility index (Phi) is 5.92. The first kappa shape index (κ1) is 23.5. The van der Waals surface area contributed by atoms with Crippen molar-refractivity contribution < 1.29 is 23.9 Å². The summed E-state index contributed by atoms with van der Waals surface area (Å²) in [6, 6.07) is 12.5. The molecule has 0 unspecified atom stereocenters. The highest BCUT2D eigenvalue weighted by atomic mass is 35.5. The van der Waals surface area contributed by atoms with Gasteiger partial charge in [-0.15, -0.1) is 0 Å². The quantitative estimate of drug-likeness (QED) is 0.316. The molecule has 0 N–H and O–H groups in total. The summed E-state index contributed by atoms with van der Waals surface area (Å²) >= 11 is 12.4. The van der Waals surface area contributed by atoms with Crippen molar-refractivity contribution in [1.82, 2.24) is 0 Å². The summed E-state index contributed by atoms with van der Waals surface area (Å²) in [5.74, 6) is -2.06. The van der Waals surface area contributed by atoms with Crippen LogP contribution in [0.4, 0.5) is 0 Å². The van der Waals surface area contributed by atoms with Gasteiger partial charge in [-0.05, 0) is 52.7 Å². The molecule has 0 saturated carbocycles. The molecule has 172 valence electrons. The molecule has 33 heavy (non-hydrogen) atoms. The van der Waals surface area contributed by atoms with Crippen LogP contribution < -0.4 is 0 Å². The summed E-state index contributed by atoms with van der Waals surface area (Å²) in [5, 5.41) is 0.608. The van der Waals surface area contributed by atoms with Gasteiger partial charge in [-0.2, -0.15) is 0 Å². The van der Waals surface area contributed by atoms with E-state index in [9.17, 15) is 14.4 Å². The average molecular weight is 487 g/mol. The van der Waals surface area contributed by atoms with Crippen LogP contribution in [0.5, 0.6) is 0 Å². The molecule has 0 fully saturated rings. The fourth-order valence-electron chi connectivity index (χ4n) is 5.39. The summed E-state index contributed by atoms with van der Waals surface area (Å²) in [7, 11) is 2.47. The summed E-state index contributed by atoms with van der Waals surface area (Å²) in [6.45, 7) is 4.12. The third kappa shape index (κ3) is 3.49. The molecule has 2 aromatic carbocycles. The zero-order valence-electron chi connectivity index (χ0n) is 18.8. The van der Waals surface area contributed by atoms with Crippen molar-refractivity contribution in [2.45, 2.75) is 32.1 Å². The number of methoxy groups -OCH3 is 2. The Hall–Kier alpha value is -2.63. The van der Waals surface area contributed by atoms with Crippen molar-refractivity contribution in [3.8, 4) is 0 Å². The van der Waals surface area contributed by atoms with Gasteiger partial charge in [0.1, 0.15) is 0 Å². The lowest BCUT2D eigenvalue weighted by Gasteiger charge is -2.41. The van der Waals surface area contributed by atoms with Gasteiger partial charge in [0.15, 0.2) is 11.2 Å². The first-order chi connectivity index (χ1) is 15.6. The lowest BCUT2D eigenvalue weighted by Crippen LogP contribution is -2.48. The Bertz CT molecular complexity index is 1190. The highest BCUT2D eigenvalue weighted by molar-refractivity contribution is 6.38. The van der Waals surface area contributed by atoms with Crippen LogP contribution in [0, 0.1) is 11.3 Å². The number of rotatable bonds is 4. The molecule has 0 radical (unpaired) electrons. The summed E-state index contributed by atoms with van der Waals surface area (Å²) in [4.78, 5) is 40.1. The van der Waals surface area contributed by atoms with Crippen molar-refractivity contribution in [1.29, 1.82) is 0 Å². The molecule has 4 rings (SSSR count). The molecule has 0 aliphatic heterocycles. The van der Waals surface area contributed by atoms with Gasteiger partial charge in [-0.1, -0.05) is 61.3 Å². The second-order valence-corrected chi connectivity index (χ2v) is 9.96. The van der Waals surface area contributed by atoms with E-state index in [1.165, 1.54) is 20.3 Å². The normalized spacial score (nSPS) is 20.0. The molecule has 2 aliphatic rings.